The van der Waals surface area contributed by atoms with Crippen LogP contribution < -0.4 is 0 Å². The van der Waals surface area contributed by atoms with E-state index in [-0.39, 0.29) is 6.04 Å². The molecule has 4 heteroatoms. The average Bonchev–Trinajstić information content (AvgIpc) is 3.15. The Hall–Kier alpha value is -2.20. The number of benzene rings is 2. The van der Waals surface area contributed by atoms with Crippen LogP contribution in [0.2, 0.25) is 0 Å². The molecule has 0 saturated carbocycles. The molecule has 2 heterocycles. The summed E-state index contributed by atoms with van der Waals surface area (Å²) in [7, 11) is 2.11. The zero-order chi connectivity index (χ0) is 14.2. The first-order valence-corrected chi connectivity index (χ1v) is 7.34. The Bertz CT molecular complexity index is 780. The number of likely N-dealkylation sites (tertiary alicyclic amines) is 1. The molecular formula is C17H17N3O. The highest BCUT2D eigenvalue weighted by Crippen LogP contribution is 2.30. The second-order valence-electron chi connectivity index (χ2n) is 5.66. The van der Waals surface area contributed by atoms with Gasteiger partial charge in [-0.3, -0.25) is 4.90 Å². The van der Waals surface area contributed by atoms with Gasteiger partial charge in [0, 0.05) is 5.56 Å². The maximum Gasteiger partial charge on any atom is 0.244 e. The molecule has 0 spiro atoms. The summed E-state index contributed by atoms with van der Waals surface area (Å²) in [5, 5.41) is 6.58. The SMILES string of the molecule is CN1CCC[C@H]1c1nc(-c2ccc3ccccc3c2)no1. The van der Waals surface area contributed by atoms with Gasteiger partial charge in [0.25, 0.3) is 0 Å². The van der Waals surface area contributed by atoms with Crippen molar-refractivity contribution in [1.82, 2.24) is 15.0 Å². The highest BCUT2D eigenvalue weighted by Gasteiger charge is 2.27. The third-order valence-electron chi connectivity index (χ3n) is 4.25. The molecule has 1 saturated heterocycles. The van der Waals surface area contributed by atoms with Crippen molar-refractivity contribution in [3.8, 4) is 11.4 Å². The third-order valence-corrected chi connectivity index (χ3v) is 4.25. The molecule has 0 unspecified atom stereocenters. The predicted molar refractivity (Wildman–Crippen MR) is 81.8 cm³/mol. The van der Waals surface area contributed by atoms with Gasteiger partial charge in [-0.1, -0.05) is 41.6 Å². The van der Waals surface area contributed by atoms with Crippen LogP contribution in [0.4, 0.5) is 0 Å². The van der Waals surface area contributed by atoms with Crippen LogP contribution in [0, 0.1) is 0 Å². The number of rotatable bonds is 2. The lowest BCUT2D eigenvalue weighted by molar-refractivity contribution is 0.245. The summed E-state index contributed by atoms with van der Waals surface area (Å²) in [6.07, 6.45) is 2.28. The number of hydrogen-bond donors (Lipinski definition) is 0. The normalized spacial score (nSPS) is 19.4. The monoisotopic (exact) mass is 279 g/mol. The van der Waals surface area contributed by atoms with Gasteiger partial charge in [0.05, 0.1) is 6.04 Å². The molecule has 4 nitrogen and oxygen atoms in total. The van der Waals surface area contributed by atoms with E-state index in [0.717, 1.165) is 24.4 Å². The topological polar surface area (TPSA) is 42.2 Å². The van der Waals surface area contributed by atoms with Crippen molar-refractivity contribution in [3.05, 3.63) is 48.4 Å². The Morgan fingerprint density at radius 2 is 2.00 bits per heavy atom. The largest absolute Gasteiger partial charge is 0.337 e. The van der Waals surface area contributed by atoms with Gasteiger partial charge >= 0.3 is 0 Å². The van der Waals surface area contributed by atoms with E-state index in [9.17, 15) is 0 Å². The average molecular weight is 279 g/mol. The van der Waals surface area contributed by atoms with Gasteiger partial charge in [-0.15, -0.1) is 0 Å². The molecule has 3 aromatic rings. The van der Waals surface area contributed by atoms with Gasteiger partial charge in [-0.25, -0.2) is 0 Å². The fraction of sp³-hybridized carbons (Fsp3) is 0.294. The maximum absolute atomic E-state index is 5.48. The second kappa shape index (κ2) is 4.97. The van der Waals surface area contributed by atoms with Gasteiger partial charge in [0.1, 0.15) is 0 Å². The molecule has 1 atom stereocenters. The number of nitrogens with zero attached hydrogens (tertiary/aromatic N) is 3. The molecule has 4 rings (SSSR count). The number of hydrogen-bond acceptors (Lipinski definition) is 4. The Labute approximate surface area is 123 Å². The van der Waals surface area contributed by atoms with E-state index in [1.165, 1.54) is 17.2 Å². The van der Waals surface area contributed by atoms with Crippen LogP contribution in [0.3, 0.4) is 0 Å². The fourth-order valence-corrected chi connectivity index (χ4v) is 3.04. The minimum Gasteiger partial charge on any atom is -0.337 e. The van der Waals surface area contributed by atoms with Crippen LogP contribution in [-0.4, -0.2) is 28.6 Å². The smallest absolute Gasteiger partial charge is 0.244 e. The van der Waals surface area contributed by atoms with Crippen LogP contribution in [0.1, 0.15) is 24.8 Å². The maximum atomic E-state index is 5.48. The lowest BCUT2D eigenvalue weighted by Crippen LogP contribution is -2.17. The van der Waals surface area contributed by atoms with Crippen molar-refractivity contribution in [2.24, 2.45) is 0 Å². The van der Waals surface area contributed by atoms with E-state index in [0.29, 0.717) is 5.82 Å². The van der Waals surface area contributed by atoms with E-state index in [1.807, 2.05) is 12.1 Å². The highest BCUT2D eigenvalue weighted by molar-refractivity contribution is 5.86. The summed E-state index contributed by atoms with van der Waals surface area (Å²) in [6, 6.07) is 14.8. The van der Waals surface area contributed by atoms with E-state index in [4.69, 9.17) is 4.52 Å². The first-order chi connectivity index (χ1) is 10.3. The van der Waals surface area contributed by atoms with Crippen molar-refractivity contribution < 1.29 is 4.52 Å². The van der Waals surface area contributed by atoms with Crippen molar-refractivity contribution in [3.63, 3.8) is 0 Å². The lowest BCUT2D eigenvalue weighted by atomic mass is 10.1. The lowest BCUT2D eigenvalue weighted by Gasteiger charge is -2.14. The number of aromatic nitrogens is 2. The van der Waals surface area contributed by atoms with Crippen molar-refractivity contribution in [2.75, 3.05) is 13.6 Å². The molecule has 1 fully saturated rings. The molecule has 0 amide bonds. The predicted octanol–water partition coefficient (Wildman–Crippen LogP) is 3.66. The van der Waals surface area contributed by atoms with Gasteiger partial charge in [-0.2, -0.15) is 4.98 Å². The zero-order valence-electron chi connectivity index (χ0n) is 12.0. The van der Waals surface area contributed by atoms with Crippen molar-refractivity contribution in [1.29, 1.82) is 0 Å². The van der Waals surface area contributed by atoms with Gasteiger partial charge < -0.3 is 4.52 Å². The van der Waals surface area contributed by atoms with Crippen molar-refractivity contribution in [2.45, 2.75) is 18.9 Å². The minimum atomic E-state index is 0.270. The Morgan fingerprint density at radius 3 is 2.81 bits per heavy atom. The summed E-state index contributed by atoms with van der Waals surface area (Å²) < 4.78 is 5.48. The van der Waals surface area contributed by atoms with Crippen molar-refractivity contribution >= 4 is 10.8 Å². The van der Waals surface area contributed by atoms with Gasteiger partial charge in [0.2, 0.25) is 11.7 Å². The van der Waals surface area contributed by atoms with Crippen LogP contribution in [-0.2, 0) is 0 Å². The van der Waals surface area contributed by atoms with Crippen LogP contribution >= 0.6 is 0 Å². The fourth-order valence-electron chi connectivity index (χ4n) is 3.04. The summed E-state index contributed by atoms with van der Waals surface area (Å²) >= 11 is 0. The van der Waals surface area contributed by atoms with E-state index in [2.05, 4.69) is 52.4 Å². The van der Waals surface area contributed by atoms with Crippen LogP contribution in [0.25, 0.3) is 22.2 Å². The molecule has 21 heavy (non-hydrogen) atoms. The quantitative estimate of drug-likeness (QED) is 0.718. The van der Waals surface area contributed by atoms with E-state index < -0.39 is 0 Å². The molecule has 0 aliphatic carbocycles. The molecule has 0 N–H and O–H groups in total. The second-order valence-corrected chi connectivity index (χ2v) is 5.66. The molecule has 1 aliphatic rings. The zero-order valence-corrected chi connectivity index (χ0v) is 12.0. The van der Waals surface area contributed by atoms with E-state index in [1.54, 1.807) is 0 Å². The standard InChI is InChI=1S/C17H17N3O/c1-20-10-4-7-15(20)17-18-16(19-21-17)14-9-8-12-5-2-3-6-13(12)11-14/h2-3,5-6,8-9,11,15H,4,7,10H2,1H3/t15-/m0/s1. The molecule has 0 bridgehead atoms. The Balaban J connectivity index is 1.70. The minimum absolute atomic E-state index is 0.270. The third kappa shape index (κ3) is 2.21. The summed E-state index contributed by atoms with van der Waals surface area (Å²) in [6.45, 7) is 1.10. The highest BCUT2D eigenvalue weighted by atomic mass is 16.5. The molecule has 106 valence electrons. The molecular weight excluding hydrogens is 262 g/mol. The first kappa shape index (κ1) is 12.5. The Morgan fingerprint density at radius 1 is 1.14 bits per heavy atom. The molecule has 1 aromatic heterocycles. The number of fused-ring (bicyclic) bond motifs is 1. The summed E-state index contributed by atoms with van der Waals surface area (Å²) in [4.78, 5) is 6.88. The van der Waals surface area contributed by atoms with E-state index >= 15 is 0 Å². The summed E-state index contributed by atoms with van der Waals surface area (Å²) in [5.74, 6) is 1.41. The van der Waals surface area contributed by atoms with Gasteiger partial charge in [0.15, 0.2) is 0 Å². The van der Waals surface area contributed by atoms with Gasteiger partial charge in [-0.05, 0) is 43.3 Å². The molecule has 1 aliphatic heterocycles. The summed E-state index contributed by atoms with van der Waals surface area (Å²) in [5.41, 5.74) is 1.00. The molecule has 2 aromatic carbocycles. The van der Waals surface area contributed by atoms with Crippen LogP contribution in [0.5, 0.6) is 0 Å². The molecule has 0 radical (unpaired) electrons. The Kier molecular flexibility index (Phi) is 2.97. The van der Waals surface area contributed by atoms with Crippen LogP contribution in [0.15, 0.2) is 47.0 Å². The first-order valence-electron chi connectivity index (χ1n) is 7.34.